The Labute approximate surface area is 318 Å². The van der Waals surface area contributed by atoms with Crippen molar-refractivity contribution >= 4 is 5.57 Å². The van der Waals surface area contributed by atoms with Gasteiger partial charge in [-0.15, -0.1) is 0 Å². The molecule has 1 spiro atoms. The van der Waals surface area contributed by atoms with Crippen molar-refractivity contribution in [2.24, 2.45) is 0 Å². The lowest BCUT2D eigenvalue weighted by atomic mass is 9.68. The Balaban J connectivity index is 1.09. The molecule has 258 valence electrons. The van der Waals surface area contributed by atoms with Gasteiger partial charge in [0.05, 0.1) is 16.8 Å². The topological polar surface area (TPSA) is 90.2 Å². The summed E-state index contributed by atoms with van der Waals surface area (Å²) in [5.41, 5.74) is 15.9. The zero-order valence-electron chi connectivity index (χ0n) is 29.6. The molecule has 0 fully saturated rings. The number of pyridine rings is 4. The van der Waals surface area contributed by atoms with Crippen molar-refractivity contribution in [3.8, 4) is 68.1 Å². The fourth-order valence-corrected chi connectivity index (χ4v) is 8.70. The number of allylic oxidation sites excluding steroid dienone is 4. The molecular formula is C48H31N7. The van der Waals surface area contributed by atoms with E-state index in [4.69, 9.17) is 24.9 Å². The SMILES string of the molecule is C1=CC2=C(CC1)C1(c3ccccc32)c2ccccc2-c2ccc(-c3nc(-c4ccc(-c5ccccn5)cn4)nc(-c4ccc(-c5ccccn5)cn4)n3)cc21. The number of hydrogen-bond acceptors (Lipinski definition) is 7. The average Bonchev–Trinajstić information content (AvgIpc) is 3.74. The zero-order chi connectivity index (χ0) is 36.3. The molecular weight excluding hydrogens is 675 g/mol. The molecule has 0 radical (unpaired) electrons. The van der Waals surface area contributed by atoms with Gasteiger partial charge in [-0.1, -0.05) is 84.9 Å². The summed E-state index contributed by atoms with van der Waals surface area (Å²) in [6, 6.07) is 44.2. The summed E-state index contributed by atoms with van der Waals surface area (Å²) < 4.78 is 0. The van der Waals surface area contributed by atoms with Crippen LogP contribution in [0.1, 0.15) is 35.1 Å². The van der Waals surface area contributed by atoms with Crippen LogP contribution >= 0.6 is 0 Å². The highest BCUT2D eigenvalue weighted by atomic mass is 15.1. The third kappa shape index (κ3) is 4.86. The molecule has 7 nitrogen and oxygen atoms in total. The highest BCUT2D eigenvalue weighted by Crippen LogP contribution is 2.63. The highest BCUT2D eigenvalue weighted by Gasteiger charge is 2.52. The van der Waals surface area contributed by atoms with Gasteiger partial charge in [0.1, 0.15) is 11.4 Å². The summed E-state index contributed by atoms with van der Waals surface area (Å²) in [5.74, 6) is 1.50. The monoisotopic (exact) mass is 705 g/mol. The van der Waals surface area contributed by atoms with Crippen molar-refractivity contribution in [2.75, 3.05) is 0 Å². The van der Waals surface area contributed by atoms with E-state index in [0.29, 0.717) is 28.9 Å². The quantitative estimate of drug-likeness (QED) is 0.176. The molecule has 1 atom stereocenters. The fourth-order valence-electron chi connectivity index (χ4n) is 8.70. The molecule has 0 bridgehead atoms. The lowest BCUT2D eigenvalue weighted by Crippen LogP contribution is -2.27. The summed E-state index contributed by atoms with van der Waals surface area (Å²) in [4.78, 5) is 33.9. The molecule has 5 heterocycles. The largest absolute Gasteiger partial charge is 0.256 e. The molecule has 3 aromatic carbocycles. The molecule has 3 aliphatic rings. The molecule has 0 saturated carbocycles. The van der Waals surface area contributed by atoms with Crippen molar-refractivity contribution in [3.63, 3.8) is 0 Å². The molecule has 1 unspecified atom stereocenters. The predicted octanol–water partition coefficient (Wildman–Crippen LogP) is 10.2. The minimum Gasteiger partial charge on any atom is -0.256 e. The average molecular weight is 706 g/mol. The Morgan fingerprint density at radius 3 is 1.62 bits per heavy atom. The van der Waals surface area contributed by atoms with Crippen LogP contribution in [0.5, 0.6) is 0 Å². The molecule has 11 rings (SSSR count). The predicted molar refractivity (Wildman–Crippen MR) is 215 cm³/mol. The van der Waals surface area contributed by atoms with E-state index in [1.807, 2.05) is 73.1 Å². The Morgan fingerprint density at radius 1 is 0.436 bits per heavy atom. The molecule has 0 amide bonds. The van der Waals surface area contributed by atoms with Gasteiger partial charge in [0.25, 0.3) is 0 Å². The number of rotatable bonds is 5. The van der Waals surface area contributed by atoms with E-state index in [9.17, 15) is 0 Å². The van der Waals surface area contributed by atoms with Crippen molar-refractivity contribution in [1.82, 2.24) is 34.9 Å². The van der Waals surface area contributed by atoms with Gasteiger partial charge in [-0.3, -0.25) is 19.9 Å². The van der Waals surface area contributed by atoms with E-state index in [-0.39, 0.29) is 0 Å². The minimum atomic E-state index is -0.400. The Kier molecular flexibility index (Phi) is 7.07. The standard InChI is InChI=1S/C48H31N7/c1-4-14-37-33(11-1)34-12-2-5-15-38(34)48(37)39-16-6-3-13-35(39)36-22-19-30(27-40(36)48)45-53-46(43-23-20-31(28-51-43)41-17-7-9-25-49-41)55-47(54-45)44-24-21-32(29-52-44)42-18-8-10-26-50-42/h1-4,6-14,16-29H,5,15H2. The van der Waals surface area contributed by atoms with E-state index in [1.165, 1.54) is 44.5 Å². The maximum absolute atomic E-state index is 5.12. The van der Waals surface area contributed by atoms with Crippen LogP contribution in [0, 0.1) is 0 Å². The van der Waals surface area contributed by atoms with E-state index in [1.54, 1.807) is 12.4 Å². The highest BCUT2D eigenvalue weighted by molar-refractivity contribution is 5.97. The second-order valence-corrected chi connectivity index (χ2v) is 14.0. The summed E-state index contributed by atoms with van der Waals surface area (Å²) in [6.45, 7) is 0. The molecule has 55 heavy (non-hydrogen) atoms. The van der Waals surface area contributed by atoms with Gasteiger partial charge in [-0.2, -0.15) is 0 Å². The number of benzene rings is 3. The maximum Gasteiger partial charge on any atom is 0.182 e. The van der Waals surface area contributed by atoms with Crippen molar-refractivity contribution in [1.29, 1.82) is 0 Å². The van der Waals surface area contributed by atoms with Gasteiger partial charge >= 0.3 is 0 Å². The van der Waals surface area contributed by atoms with Crippen LogP contribution in [-0.4, -0.2) is 34.9 Å². The lowest BCUT2D eigenvalue weighted by Gasteiger charge is -2.33. The lowest BCUT2D eigenvalue weighted by molar-refractivity contribution is 0.714. The fraction of sp³-hybridized carbons (Fsp3) is 0.0625. The number of nitrogens with zero attached hydrogens (tertiary/aromatic N) is 7. The van der Waals surface area contributed by atoms with E-state index in [0.717, 1.165) is 40.9 Å². The van der Waals surface area contributed by atoms with E-state index in [2.05, 4.69) is 88.9 Å². The van der Waals surface area contributed by atoms with Crippen molar-refractivity contribution in [2.45, 2.75) is 18.3 Å². The van der Waals surface area contributed by atoms with Gasteiger partial charge in [-0.05, 0) is 112 Å². The van der Waals surface area contributed by atoms with Crippen LogP contribution in [-0.2, 0) is 5.41 Å². The first-order chi connectivity index (χ1) is 27.3. The Bertz CT molecular complexity index is 2750. The number of aromatic nitrogens is 7. The molecule has 3 aliphatic carbocycles. The molecule has 7 heteroatoms. The molecule has 8 aromatic rings. The number of hydrogen-bond donors (Lipinski definition) is 0. The van der Waals surface area contributed by atoms with Crippen LogP contribution in [0.15, 0.2) is 170 Å². The van der Waals surface area contributed by atoms with Gasteiger partial charge in [0, 0.05) is 41.5 Å². The Hall–Kier alpha value is -7.25. The van der Waals surface area contributed by atoms with Gasteiger partial charge in [0.15, 0.2) is 17.5 Å². The molecule has 0 saturated heterocycles. The Morgan fingerprint density at radius 2 is 1.00 bits per heavy atom. The maximum atomic E-state index is 5.12. The van der Waals surface area contributed by atoms with Gasteiger partial charge < -0.3 is 0 Å². The zero-order valence-corrected chi connectivity index (χ0v) is 29.6. The summed E-state index contributed by atoms with van der Waals surface area (Å²) in [6.07, 6.45) is 13.9. The van der Waals surface area contributed by atoms with Crippen LogP contribution < -0.4 is 0 Å². The smallest absolute Gasteiger partial charge is 0.182 e. The number of fused-ring (bicyclic) bond motifs is 9. The van der Waals surface area contributed by atoms with E-state index < -0.39 is 5.41 Å². The van der Waals surface area contributed by atoms with Gasteiger partial charge in [0.2, 0.25) is 0 Å². The summed E-state index contributed by atoms with van der Waals surface area (Å²) in [5, 5.41) is 0. The first-order valence-electron chi connectivity index (χ1n) is 18.5. The van der Waals surface area contributed by atoms with Gasteiger partial charge in [-0.25, -0.2) is 15.0 Å². The first kappa shape index (κ1) is 31.3. The summed E-state index contributed by atoms with van der Waals surface area (Å²) in [7, 11) is 0. The third-order valence-corrected chi connectivity index (χ3v) is 11.1. The van der Waals surface area contributed by atoms with Crippen molar-refractivity contribution < 1.29 is 0 Å². The van der Waals surface area contributed by atoms with Crippen LogP contribution in [0.4, 0.5) is 0 Å². The minimum absolute atomic E-state index is 0.400. The third-order valence-electron chi connectivity index (χ3n) is 11.1. The summed E-state index contributed by atoms with van der Waals surface area (Å²) >= 11 is 0. The molecule has 5 aromatic heterocycles. The second-order valence-electron chi connectivity index (χ2n) is 14.0. The van der Waals surface area contributed by atoms with Crippen LogP contribution in [0.3, 0.4) is 0 Å². The van der Waals surface area contributed by atoms with Crippen LogP contribution in [0.25, 0.3) is 73.6 Å². The molecule has 0 aliphatic heterocycles. The second kappa shape index (κ2) is 12.4. The normalized spacial score (nSPS) is 16.1. The first-order valence-corrected chi connectivity index (χ1v) is 18.5. The molecule has 0 N–H and O–H groups in total. The van der Waals surface area contributed by atoms with Crippen molar-refractivity contribution in [3.05, 3.63) is 192 Å². The van der Waals surface area contributed by atoms with Crippen LogP contribution in [0.2, 0.25) is 0 Å². The van der Waals surface area contributed by atoms with E-state index >= 15 is 0 Å².